The third kappa shape index (κ3) is 7.04. The van der Waals surface area contributed by atoms with Crippen LogP contribution in [0.15, 0.2) is 12.1 Å². The van der Waals surface area contributed by atoms with Crippen LogP contribution in [0.2, 0.25) is 5.02 Å². The van der Waals surface area contributed by atoms with Gasteiger partial charge in [-0.15, -0.1) is 0 Å². The van der Waals surface area contributed by atoms with Crippen LogP contribution in [0.1, 0.15) is 43.5 Å². The van der Waals surface area contributed by atoms with E-state index < -0.39 is 0 Å². The van der Waals surface area contributed by atoms with E-state index in [1.165, 1.54) is 19.2 Å². The van der Waals surface area contributed by atoms with Crippen LogP contribution < -0.4 is 15.8 Å². The lowest BCUT2D eigenvalue weighted by molar-refractivity contribution is -0.143. The van der Waals surface area contributed by atoms with Crippen molar-refractivity contribution in [2.24, 2.45) is 0 Å². The van der Waals surface area contributed by atoms with Crippen LogP contribution in [0.25, 0.3) is 0 Å². The van der Waals surface area contributed by atoms with Crippen LogP contribution in [-0.2, 0) is 14.3 Å². The Kier molecular flexibility index (Phi) is 9.68. The zero-order valence-electron chi connectivity index (χ0n) is 17.9. The van der Waals surface area contributed by atoms with Crippen molar-refractivity contribution in [3.8, 4) is 5.75 Å². The molecule has 2 atom stereocenters. The number of benzene rings is 1. The van der Waals surface area contributed by atoms with E-state index >= 15 is 0 Å². The Morgan fingerprint density at radius 3 is 2.90 bits per heavy atom. The van der Waals surface area contributed by atoms with E-state index in [0.29, 0.717) is 60.8 Å². The van der Waals surface area contributed by atoms with Gasteiger partial charge in [-0.2, -0.15) is 0 Å². The molecule has 0 aromatic heterocycles. The van der Waals surface area contributed by atoms with Gasteiger partial charge in [0.15, 0.2) is 0 Å². The van der Waals surface area contributed by atoms with Crippen molar-refractivity contribution in [2.75, 3.05) is 45.7 Å². The Bertz CT molecular complexity index is 731. The second kappa shape index (κ2) is 12.0. The molecule has 1 saturated heterocycles. The molecular weight excluding hydrogens is 410 g/mol. The van der Waals surface area contributed by atoms with Gasteiger partial charge in [-0.1, -0.05) is 11.6 Å². The smallest absolute Gasteiger partial charge is 0.305 e. The molecule has 8 nitrogen and oxygen atoms in total. The van der Waals surface area contributed by atoms with E-state index in [4.69, 9.17) is 31.5 Å². The lowest BCUT2D eigenvalue weighted by Gasteiger charge is -2.37. The Morgan fingerprint density at radius 1 is 1.43 bits per heavy atom. The maximum Gasteiger partial charge on any atom is 0.305 e. The highest BCUT2D eigenvalue weighted by Gasteiger charge is 2.25. The molecule has 0 radical (unpaired) electrons. The van der Waals surface area contributed by atoms with Crippen LogP contribution in [-0.4, -0.2) is 68.9 Å². The fourth-order valence-electron chi connectivity index (χ4n) is 3.44. The van der Waals surface area contributed by atoms with E-state index in [-0.39, 0.29) is 18.0 Å². The molecule has 0 spiro atoms. The normalized spacial score (nSPS) is 17.9. The molecule has 1 heterocycles. The van der Waals surface area contributed by atoms with Crippen LogP contribution in [0.4, 0.5) is 5.69 Å². The first-order valence-electron chi connectivity index (χ1n) is 10.3. The predicted molar refractivity (Wildman–Crippen MR) is 116 cm³/mol. The molecule has 1 amide bonds. The van der Waals surface area contributed by atoms with Gasteiger partial charge < -0.3 is 25.3 Å². The number of carbonyl (C=O) groups excluding carboxylic acids is 2. The zero-order valence-corrected chi connectivity index (χ0v) is 18.7. The summed E-state index contributed by atoms with van der Waals surface area (Å²) in [6, 6.07) is 3.36. The summed E-state index contributed by atoms with van der Waals surface area (Å²) in [5, 5.41) is 3.19. The summed E-state index contributed by atoms with van der Waals surface area (Å²) in [6.45, 7) is 6.88. The highest BCUT2D eigenvalue weighted by atomic mass is 35.5. The van der Waals surface area contributed by atoms with E-state index in [9.17, 15) is 9.59 Å². The number of hydrogen-bond acceptors (Lipinski definition) is 7. The Balaban J connectivity index is 1.83. The van der Waals surface area contributed by atoms with Gasteiger partial charge in [-0.25, -0.2) is 0 Å². The molecule has 1 unspecified atom stereocenters. The van der Waals surface area contributed by atoms with Gasteiger partial charge in [0, 0.05) is 38.2 Å². The van der Waals surface area contributed by atoms with Crippen molar-refractivity contribution >= 4 is 29.2 Å². The number of rotatable bonds is 10. The minimum Gasteiger partial charge on any atom is -0.496 e. The molecule has 0 aliphatic carbocycles. The van der Waals surface area contributed by atoms with Crippen molar-refractivity contribution in [1.29, 1.82) is 0 Å². The fraction of sp³-hybridized carbons (Fsp3) is 0.619. The number of methoxy groups -OCH3 is 1. The molecule has 1 aromatic rings. The van der Waals surface area contributed by atoms with Gasteiger partial charge in [0.25, 0.3) is 5.91 Å². The molecule has 168 valence electrons. The number of carbonyl (C=O) groups is 2. The van der Waals surface area contributed by atoms with Crippen molar-refractivity contribution in [2.45, 2.75) is 45.3 Å². The number of nitrogens with one attached hydrogen (secondary N) is 1. The van der Waals surface area contributed by atoms with Gasteiger partial charge in [0.05, 0.1) is 42.7 Å². The summed E-state index contributed by atoms with van der Waals surface area (Å²) >= 11 is 6.05. The summed E-state index contributed by atoms with van der Waals surface area (Å²) < 4.78 is 16.0. The van der Waals surface area contributed by atoms with Crippen LogP contribution >= 0.6 is 11.6 Å². The average Bonchev–Trinajstić information content (AvgIpc) is 2.73. The standard InChI is InChI=1S/C21H32ClN3O5/c1-4-29-20(26)7-5-6-14(2)25-8-9-30-15(13-25)12-24-21(27)16-10-17(22)18(23)11-19(16)28-3/h10-11,14-15H,4-9,12-13,23H2,1-3H3,(H,24,27)/t14-,15?/m0/s1. The maximum absolute atomic E-state index is 12.6. The number of nitrogen functional groups attached to an aromatic ring is 1. The molecule has 2 rings (SSSR count). The molecular formula is C21H32ClN3O5. The monoisotopic (exact) mass is 441 g/mol. The number of hydrogen-bond donors (Lipinski definition) is 2. The lowest BCUT2D eigenvalue weighted by atomic mass is 10.1. The molecule has 1 aliphatic rings. The maximum atomic E-state index is 12.6. The first kappa shape index (κ1) is 24.2. The Labute approximate surface area is 183 Å². The van der Waals surface area contributed by atoms with Crippen LogP contribution in [0.3, 0.4) is 0 Å². The molecule has 9 heteroatoms. The number of nitrogens with two attached hydrogens (primary N) is 1. The predicted octanol–water partition coefficient (Wildman–Crippen LogP) is 2.48. The summed E-state index contributed by atoms with van der Waals surface area (Å²) in [6.07, 6.45) is 2.01. The molecule has 0 bridgehead atoms. The van der Waals surface area contributed by atoms with E-state index in [1.54, 1.807) is 0 Å². The Hall–Kier alpha value is -2.03. The summed E-state index contributed by atoms with van der Waals surface area (Å²) in [4.78, 5) is 26.4. The molecule has 1 fully saturated rings. The SMILES string of the molecule is CCOC(=O)CCC[C@H](C)N1CCOC(CNC(=O)c2cc(Cl)c(N)cc2OC)C1. The highest BCUT2D eigenvalue weighted by Crippen LogP contribution is 2.28. The topological polar surface area (TPSA) is 103 Å². The molecule has 3 N–H and O–H groups in total. The van der Waals surface area contributed by atoms with Crippen molar-refractivity contribution in [3.63, 3.8) is 0 Å². The van der Waals surface area contributed by atoms with Crippen LogP contribution in [0.5, 0.6) is 5.75 Å². The highest BCUT2D eigenvalue weighted by molar-refractivity contribution is 6.33. The van der Waals surface area contributed by atoms with E-state index in [2.05, 4.69) is 17.1 Å². The van der Waals surface area contributed by atoms with Crippen molar-refractivity contribution in [1.82, 2.24) is 10.2 Å². The minimum absolute atomic E-state index is 0.120. The summed E-state index contributed by atoms with van der Waals surface area (Å²) in [7, 11) is 1.48. The average molecular weight is 442 g/mol. The molecule has 30 heavy (non-hydrogen) atoms. The van der Waals surface area contributed by atoms with Gasteiger partial charge in [0.2, 0.25) is 0 Å². The van der Waals surface area contributed by atoms with Gasteiger partial charge in [0.1, 0.15) is 5.75 Å². The Morgan fingerprint density at radius 2 is 2.20 bits per heavy atom. The first-order valence-corrected chi connectivity index (χ1v) is 10.7. The quantitative estimate of drug-likeness (QED) is 0.424. The molecule has 1 aliphatic heterocycles. The number of nitrogens with zero attached hydrogens (tertiary/aromatic N) is 1. The van der Waals surface area contributed by atoms with Gasteiger partial charge in [-0.05, 0) is 32.8 Å². The molecule has 1 aromatic carbocycles. The zero-order chi connectivity index (χ0) is 22.1. The second-order valence-corrected chi connectivity index (χ2v) is 7.73. The van der Waals surface area contributed by atoms with E-state index in [0.717, 1.165) is 19.4 Å². The van der Waals surface area contributed by atoms with Gasteiger partial charge >= 0.3 is 5.97 Å². The first-order chi connectivity index (χ1) is 14.3. The number of ether oxygens (including phenoxy) is 3. The minimum atomic E-state index is -0.294. The van der Waals surface area contributed by atoms with Crippen molar-refractivity contribution in [3.05, 3.63) is 22.7 Å². The van der Waals surface area contributed by atoms with Gasteiger partial charge in [-0.3, -0.25) is 14.5 Å². The van der Waals surface area contributed by atoms with E-state index in [1.807, 2.05) is 6.92 Å². The van der Waals surface area contributed by atoms with Crippen LogP contribution in [0, 0.1) is 0 Å². The third-order valence-electron chi connectivity index (χ3n) is 5.16. The van der Waals surface area contributed by atoms with Crippen molar-refractivity contribution < 1.29 is 23.8 Å². The third-order valence-corrected chi connectivity index (χ3v) is 5.48. The summed E-state index contributed by atoms with van der Waals surface area (Å²) in [5.74, 6) is -0.0711. The fourth-order valence-corrected chi connectivity index (χ4v) is 3.60. The number of anilines is 1. The number of amides is 1. The number of esters is 1. The largest absolute Gasteiger partial charge is 0.496 e. The second-order valence-electron chi connectivity index (χ2n) is 7.32. The number of halogens is 1. The summed E-state index contributed by atoms with van der Waals surface area (Å²) in [5.41, 5.74) is 6.46. The molecule has 0 saturated carbocycles. The number of morpholine rings is 1. The lowest BCUT2D eigenvalue weighted by Crippen LogP contribution is -2.50.